The Bertz CT molecular complexity index is 1170. The van der Waals surface area contributed by atoms with E-state index in [4.69, 9.17) is 20.3 Å². The summed E-state index contributed by atoms with van der Waals surface area (Å²) in [5.74, 6) is 0.781. The number of carbonyl (C=O) groups excluding carboxylic acids is 1. The molecule has 0 aliphatic carbocycles. The minimum atomic E-state index is -3.75. The maximum atomic E-state index is 12.5. The van der Waals surface area contributed by atoms with E-state index in [0.29, 0.717) is 31.6 Å². The van der Waals surface area contributed by atoms with Gasteiger partial charge in [-0.05, 0) is 62.0 Å². The third kappa shape index (κ3) is 14.1. The number of rotatable bonds is 17. The van der Waals surface area contributed by atoms with Gasteiger partial charge in [-0.15, -0.1) is 0 Å². The molecule has 0 fully saturated rings. The van der Waals surface area contributed by atoms with E-state index in [9.17, 15) is 13.2 Å². The number of carbonyl (C=O) groups is 1. The number of unbranched alkanes of at least 4 members (excludes halogenated alkanes) is 1. The second-order valence-corrected chi connectivity index (χ2v) is 11.4. The van der Waals surface area contributed by atoms with Gasteiger partial charge in [0.15, 0.2) is 0 Å². The molecular formula is C27H39N5O5S2. The first-order valence-electron chi connectivity index (χ1n) is 12.5. The van der Waals surface area contributed by atoms with Gasteiger partial charge in [0, 0.05) is 23.7 Å². The van der Waals surface area contributed by atoms with Gasteiger partial charge < -0.3 is 25.4 Å². The number of alkyl carbamates (subject to hydrolysis) is 1. The molecule has 0 aromatic heterocycles. The van der Waals surface area contributed by atoms with E-state index in [1.165, 1.54) is 11.8 Å². The van der Waals surface area contributed by atoms with Crippen LogP contribution in [0.4, 0.5) is 4.79 Å². The monoisotopic (exact) mass is 577 g/mol. The summed E-state index contributed by atoms with van der Waals surface area (Å²) in [4.78, 5) is 15.3. The van der Waals surface area contributed by atoms with Crippen molar-refractivity contribution < 1.29 is 22.7 Å². The first-order chi connectivity index (χ1) is 18.5. The summed E-state index contributed by atoms with van der Waals surface area (Å²) < 4.78 is 35.5. The molecule has 0 radical (unpaired) electrons. The number of hydrogen-bond donors (Lipinski definition) is 4. The Balaban J connectivity index is 1.95. The summed E-state index contributed by atoms with van der Waals surface area (Å²) in [6.45, 7) is 5.87. The quantitative estimate of drug-likeness (QED) is 0.209. The first-order valence-corrected chi connectivity index (χ1v) is 14.9. The van der Waals surface area contributed by atoms with Crippen molar-refractivity contribution in [2.24, 2.45) is 10.9 Å². The van der Waals surface area contributed by atoms with Gasteiger partial charge in [0.25, 0.3) is 10.2 Å². The Morgan fingerprint density at radius 2 is 1.82 bits per heavy atom. The van der Waals surface area contributed by atoms with Crippen LogP contribution < -0.4 is 25.6 Å². The number of nitrogens with zero attached hydrogens (tertiary/aromatic N) is 1. The number of amides is 1. The lowest BCUT2D eigenvalue weighted by Crippen LogP contribution is -2.39. The van der Waals surface area contributed by atoms with Crippen LogP contribution in [0.5, 0.6) is 5.75 Å². The van der Waals surface area contributed by atoms with E-state index in [0.717, 1.165) is 28.3 Å². The van der Waals surface area contributed by atoms with Crippen molar-refractivity contribution in [3.63, 3.8) is 0 Å². The molecule has 12 heteroatoms. The number of thioether (sulfide) groups is 1. The second-order valence-electron chi connectivity index (χ2n) is 9.03. The maximum Gasteiger partial charge on any atom is 0.408 e. The van der Waals surface area contributed by atoms with Gasteiger partial charge in [-0.25, -0.2) is 14.7 Å². The maximum absolute atomic E-state index is 12.5. The summed E-state index contributed by atoms with van der Waals surface area (Å²) >= 11 is 1.35. The topological polar surface area (TPSA) is 149 Å². The van der Waals surface area contributed by atoms with Crippen molar-refractivity contribution in [2.45, 2.75) is 31.9 Å². The van der Waals surface area contributed by atoms with E-state index in [1.807, 2.05) is 68.7 Å². The molecule has 0 saturated carbocycles. The molecule has 1 amide bonds. The number of benzene rings is 2. The normalized spacial score (nSPS) is 12.7. The van der Waals surface area contributed by atoms with E-state index >= 15 is 0 Å². The van der Waals surface area contributed by atoms with Crippen LogP contribution in [0, 0.1) is 0 Å². The van der Waals surface area contributed by atoms with Gasteiger partial charge in [-0.2, -0.15) is 8.42 Å². The fourth-order valence-electron chi connectivity index (χ4n) is 3.29. The van der Waals surface area contributed by atoms with Crippen LogP contribution in [0.25, 0.3) is 4.91 Å². The third-order valence-corrected chi connectivity index (χ3v) is 6.97. The second kappa shape index (κ2) is 16.8. The standard InChI is InChI=1S/C27H39N5O5S2/c1-21(23-12-14-24(15-13-23)36-18-17-32(2)3)38-20-25(28)26(11-7-8-16-30-39(29,34)35)31-27(33)37-19-22-9-5-4-6-10-22/h4-6,9-10,12-15,20,26,30H,1,7-8,11,16-19,28H2,2-3H3,(H,31,33)(H2,29,34,35)/b25-20-/t26-/m0/s1. The van der Waals surface area contributed by atoms with Crippen molar-refractivity contribution in [3.8, 4) is 5.75 Å². The number of ether oxygens (including phenoxy) is 2. The summed E-state index contributed by atoms with van der Waals surface area (Å²) in [7, 11) is 0.237. The predicted molar refractivity (Wildman–Crippen MR) is 158 cm³/mol. The van der Waals surface area contributed by atoms with Crippen LogP contribution in [0.3, 0.4) is 0 Å². The Morgan fingerprint density at radius 3 is 2.46 bits per heavy atom. The lowest BCUT2D eigenvalue weighted by atomic mass is 10.1. The van der Waals surface area contributed by atoms with Crippen molar-refractivity contribution in [3.05, 3.63) is 83.4 Å². The van der Waals surface area contributed by atoms with E-state index in [-0.39, 0.29) is 13.2 Å². The van der Waals surface area contributed by atoms with Crippen LogP contribution in [0.2, 0.25) is 0 Å². The van der Waals surface area contributed by atoms with Gasteiger partial charge >= 0.3 is 6.09 Å². The summed E-state index contributed by atoms with van der Waals surface area (Å²) in [5, 5.41) is 9.52. The molecule has 2 aromatic rings. The lowest BCUT2D eigenvalue weighted by molar-refractivity contribution is 0.136. The number of nitrogens with one attached hydrogen (secondary N) is 2. The van der Waals surface area contributed by atoms with Crippen LogP contribution in [-0.4, -0.2) is 59.2 Å². The average molecular weight is 578 g/mol. The zero-order valence-electron chi connectivity index (χ0n) is 22.5. The summed E-state index contributed by atoms with van der Waals surface area (Å²) in [6, 6.07) is 16.5. The van der Waals surface area contributed by atoms with Gasteiger partial charge in [0.2, 0.25) is 0 Å². The summed E-state index contributed by atoms with van der Waals surface area (Å²) in [5.41, 5.74) is 8.58. The zero-order valence-corrected chi connectivity index (χ0v) is 24.1. The van der Waals surface area contributed by atoms with E-state index < -0.39 is 22.3 Å². The molecule has 2 aromatic carbocycles. The molecule has 0 unspecified atom stereocenters. The molecule has 0 aliphatic heterocycles. The molecule has 2 rings (SSSR count). The van der Waals surface area contributed by atoms with Gasteiger partial charge in [-0.1, -0.05) is 60.8 Å². The SMILES string of the molecule is C=C(S/C=C(\N)[C@H](CCCCNS(N)(=O)=O)NC(=O)OCc1ccccc1)c1ccc(OCCN(C)C)cc1. The Morgan fingerprint density at radius 1 is 1.13 bits per heavy atom. The highest BCUT2D eigenvalue weighted by Gasteiger charge is 2.16. The Kier molecular flexibility index (Phi) is 13.9. The molecule has 39 heavy (non-hydrogen) atoms. The molecule has 1 atom stereocenters. The van der Waals surface area contributed by atoms with E-state index in [2.05, 4.69) is 21.5 Å². The van der Waals surface area contributed by atoms with E-state index in [1.54, 1.807) is 5.41 Å². The highest BCUT2D eigenvalue weighted by Crippen LogP contribution is 2.29. The van der Waals surface area contributed by atoms with Crippen molar-refractivity contribution >= 4 is 33.0 Å². The zero-order chi connectivity index (χ0) is 28.7. The number of nitrogens with two attached hydrogens (primary N) is 2. The molecule has 10 nitrogen and oxygen atoms in total. The third-order valence-electron chi connectivity index (χ3n) is 5.45. The van der Waals surface area contributed by atoms with Gasteiger partial charge in [0.1, 0.15) is 19.0 Å². The van der Waals surface area contributed by atoms with Crippen LogP contribution in [0.15, 0.2) is 72.3 Å². The number of hydrogen-bond acceptors (Lipinski definition) is 8. The minimum absolute atomic E-state index is 0.127. The van der Waals surface area contributed by atoms with Crippen LogP contribution in [0.1, 0.15) is 30.4 Å². The highest BCUT2D eigenvalue weighted by molar-refractivity contribution is 8.10. The molecule has 6 N–H and O–H groups in total. The van der Waals surface area contributed by atoms with Crippen molar-refractivity contribution in [1.29, 1.82) is 0 Å². The molecule has 0 saturated heterocycles. The minimum Gasteiger partial charge on any atom is -0.492 e. The number of likely N-dealkylation sites (N-methyl/N-ethyl adjacent to an activating group) is 1. The molecule has 214 valence electrons. The predicted octanol–water partition coefficient (Wildman–Crippen LogP) is 3.39. The average Bonchev–Trinajstić information content (AvgIpc) is 2.89. The molecule has 0 bridgehead atoms. The van der Waals surface area contributed by atoms with Crippen molar-refractivity contribution in [2.75, 3.05) is 33.8 Å². The smallest absolute Gasteiger partial charge is 0.408 e. The van der Waals surface area contributed by atoms with Crippen LogP contribution >= 0.6 is 11.8 Å². The molecule has 0 aliphatic rings. The Labute approximate surface area is 236 Å². The fourth-order valence-corrected chi connectivity index (χ4v) is 4.43. The molecule has 0 heterocycles. The van der Waals surface area contributed by atoms with Gasteiger partial charge in [0.05, 0.1) is 6.04 Å². The van der Waals surface area contributed by atoms with Crippen molar-refractivity contribution in [1.82, 2.24) is 14.9 Å². The fraction of sp³-hybridized carbons (Fsp3) is 0.370. The lowest BCUT2D eigenvalue weighted by Gasteiger charge is -2.19. The Hall–Kier alpha value is -3.03. The molecule has 0 spiro atoms. The summed E-state index contributed by atoms with van der Waals surface area (Å²) in [6.07, 6.45) is 0.975. The van der Waals surface area contributed by atoms with Crippen LogP contribution in [-0.2, 0) is 21.6 Å². The first kappa shape index (κ1) is 32.2. The largest absolute Gasteiger partial charge is 0.492 e. The van der Waals surface area contributed by atoms with Gasteiger partial charge in [-0.3, -0.25) is 0 Å². The highest BCUT2D eigenvalue weighted by atomic mass is 32.2. The molecular weight excluding hydrogens is 538 g/mol.